The highest BCUT2D eigenvalue weighted by Crippen LogP contribution is 2.19. The summed E-state index contributed by atoms with van der Waals surface area (Å²) >= 11 is 5.79. The molecule has 1 atom stereocenters. The number of amides is 1. The maximum atomic E-state index is 12.0. The number of benzene rings is 1. The maximum Gasteiger partial charge on any atom is 0.256 e. The van der Waals surface area contributed by atoms with Gasteiger partial charge in [-0.15, -0.1) is 0 Å². The van der Waals surface area contributed by atoms with E-state index in [-0.39, 0.29) is 17.2 Å². The van der Waals surface area contributed by atoms with Gasteiger partial charge in [-0.25, -0.2) is 0 Å². The van der Waals surface area contributed by atoms with Gasteiger partial charge >= 0.3 is 0 Å². The summed E-state index contributed by atoms with van der Waals surface area (Å²) in [6.07, 6.45) is 1.40. The van der Waals surface area contributed by atoms with Crippen LogP contribution >= 0.6 is 11.6 Å². The first-order valence-corrected chi connectivity index (χ1v) is 6.70. The molecule has 0 bridgehead atoms. The second-order valence-corrected chi connectivity index (χ2v) is 5.05. The van der Waals surface area contributed by atoms with Crippen molar-refractivity contribution in [2.24, 2.45) is 0 Å². The number of rotatable bonds is 5. The van der Waals surface area contributed by atoms with E-state index in [2.05, 4.69) is 10.2 Å². The van der Waals surface area contributed by atoms with Gasteiger partial charge in [-0.05, 0) is 37.3 Å². The third-order valence-electron chi connectivity index (χ3n) is 3.13. The van der Waals surface area contributed by atoms with E-state index in [4.69, 9.17) is 16.0 Å². The minimum absolute atomic E-state index is 0.103. The summed E-state index contributed by atoms with van der Waals surface area (Å²) in [5.41, 5.74) is 1.51. The molecule has 106 valence electrons. The van der Waals surface area contributed by atoms with Crippen LogP contribution in [0.2, 0.25) is 5.22 Å². The van der Waals surface area contributed by atoms with Crippen molar-refractivity contribution in [1.82, 2.24) is 10.2 Å². The monoisotopic (exact) mass is 292 g/mol. The Labute approximate surface area is 123 Å². The Bertz CT molecular complexity index is 566. The van der Waals surface area contributed by atoms with Crippen LogP contribution in [0.25, 0.3) is 0 Å². The number of carbonyl (C=O) groups is 1. The number of furan rings is 1. The molecule has 0 aliphatic heterocycles. The fraction of sp³-hybridized carbons (Fsp3) is 0.267. The highest BCUT2D eigenvalue weighted by Gasteiger charge is 2.17. The fourth-order valence-corrected chi connectivity index (χ4v) is 2.21. The Balaban J connectivity index is 2.04. The quantitative estimate of drug-likeness (QED) is 0.921. The molecule has 1 amide bonds. The maximum absolute atomic E-state index is 12.0. The molecule has 20 heavy (non-hydrogen) atoms. The van der Waals surface area contributed by atoms with Gasteiger partial charge in [-0.1, -0.05) is 30.3 Å². The standard InChI is InChI=1S/C15H17ClN2O2/c1-18(2)13(11-6-4-3-5-7-11)10-17-15(19)12-8-9-20-14(12)16/h3-9,13H,10H2,1-2H3,(H,17,19). The summed E-state index contributed by atoms with van der Waals surface area (Å²) in [5.74, 6) is -0.230. The van der Waals surface area contributed by atoms with Crippen LogP contribution in [0, 0.1) is 0 Å². The molecule has 1 aromatic carbocycles. The largest absolute Gasteiger partial charge is 0.452 e. The molecule has 0 aliphatic rings. The Morgan fingerprint density at radius 3 is 2.55 bits per heavy atom. The highest BCUT2D eigenvalue weighted by molar-refractivity contribution is 6.32. The second-order valence-electron chi connectivity index (χ2n) is 4.71. The number of carbonyl (C=O) groups excluding carboxylic acids is 1. The predicted octanol–water partition coefficient (Wildman–Crippen LogP) is 2.97. The van der Waals surface area contributed by atoms with Crippen molar-refractivity contribution in [2.75, 3.05) is 20.6 Å². The van der Waals surface area contributed by atoms with Crippen molar-refractivity contribution in [2.45, 2.75) is 6.04 Å². The van der Waals surface area contributed by atoms with Gasteiger partial charge in [0.25, 0.3) is 5.91 Å². The van der Waals surface area contributed by atoms with Crippen molar-refractivity contribution in [3.05, 3.63) is 59.0 Å². The van der Waals surface area contributed by atoms with E-state index in [1.165, 1.54) is 6.26 Å². The van der Waals surface area contributed by atoms with Crippen LogP contribution in [0.1, 0.15) is 22.0 Å². The lowest BCUT2D eigenvalue weighted by atomic mass is 10.1. The van der Waals surface area contributed by atoms with Crippen LogP contribution in [0.4, 0.5) is 0 Å². The zero-order chi connectivity index (χ0) is 14.5. The topological polar surface area (TPSA) is 45.5 Å². The first kappa shape index (κ1) is 14.6. The zero-order valence-electron chi connectivity index (χ0n) is 11.5. The normalized spacial score (nSPS) is 12.4. The van der Waals surface area contributed by atoms with Crippen molar-refractivity contribution in [3.8, 4) is 0 Å². The van der Waals surface area contributed by atoms with E-state index in [9.17, 15) is 4.79 Å². The minimum Gasteiger partial charge on any atom is -0.452 e. The molecular formula is C15H17ClN2O2. The van der Waals surface area contributed by atoms with E-state index >= 15 is 0 Å². The van der Waals surface area contributed by atoms with E-state index in [0.717, 1.165) is 5.56 Å². The molecule has 1 heterocycles. The molecule has 2 rings (SSSR count). The lowest BCUT2D eigenvalue weighted by Gasteiger charge is -2.25. The summed E-state index contributed by atoms with van der Waals surface area (Å²) < 4.78 is 4.92. The molecule has 0 radical (unpaired) electrons. The summed E-state index contributed by atoms with van der Waals surface area (Å²) in [4.78, 5) is 14.1. The molecule has 1 unspecified atom stereocenters. The van der Waals surface area contributed by atoms with Gasteiger partial charge in [0.05, 0.1) is 17.9 Å². The van der Waals surface area contributed by atoms with E-state index in [1.54, 1.807) is 6.07 Å². The third-order valence-corrected chi connectivity index (χ3v) is 3.42. The lowest BCUT2D eigenvalue weighted by Crippen LogP contribution is -2.34. The SMILES string of the molecule is CN(C)C(CNC(=O)c1ccoc1Cl)c1ccccc1. The van der Waals surface area contributed by atoms with Gasteiger partial charge in [0.15, 0.2) is 0 Å². The van der Waals surface area contributed by atoms with Crippen molar-refractivity contribution in [3.63, 3.8) is 0 Å². The van der Waals surface area contributed by atoms with Crippen LogP contribution < -0.4 is 5.32 Å². The smallest absolute Gasteiger partial charge is 0.256 e. The molecular weight excluding hydrogens is 276 g/mol. The number of halogens is 1. The zero-order valence-corrected chi connectivity index (χ0v) is 12.2. The number of nitrogens with one attached hydrogen (secondary N) is 1. The highest BCUT2D eigenvalue weighted by atomic mass is 35.5. The van der Waals surface area contributed by atoms with E-state index in [0.29, 0.717) is 12.1 Å². The molecule has 4 nitrogen and oxygen atoms in total. The molecule has 0 aliphatic carbocycles. The van der Waals surface area contributed by atoms with Crippen molar-refractivity contribution < 1.29 is 9.21 Å². The van der Waals surface area contributed by atoms with Crippen molar-refractivity contribution in [1.29, 1.82) is 0 Å². The number of hydrogen-bond donors (Lipinski definition) is 1. The van der Waals surface area contributed by atoms with Crippen LogP contribution in [-0.4, -0.2) is 31.4 Å². The van der Waals surface area contributed by atoms with Crippen LogP contribution in [0.3, 0.4) is 0 Å². The molecule has 5 heteroatoms. The number of nitrogens with zero attached hydrogens (tertiary/aromatic N) is 1. The fourth-order valence-electron chi connectivity index (χ4n) is 2.01. The second kappa shape index (κ2) is 6.59. The summed E-state index contributed by atoms with van der Waals surface area (Å²) in [5, 5.41) is 3.00. The first-order valence-electron chi connectivity index (χ1n) is 6.32. The van der Waals surface area contributed by atoms with Crippen LogP contribution in [0.5, 0.6) is 0 Å². The molecule has 0 fully saturated rings. The number of hydrogen-bond acceptors (Lipinski definition) is 3. The average Bonchev–Trinajstić information content (AvgIpc) is 2.86. The van der Waals surface area contributed by atoms with Gasteiger partial charge in [0.2, 0.25) is 5.22 Å². The Kier molecular flexibility index (Phi) is 4.82. The summed E-state index contributed by atoms with van der Waals surface area (Å²) in [6.45, 7) is 0.497. The molecule has 0 spiro atoms. The molecule has 1 N–H and O–H groups in total. The lowest BCUT2D eigenvalue weighted by molar-refractivity contribution is 0.0941. The van der Waals surface area contributed by atoms with Crippen molar-refractivity contribution >= 4 is 17.5 Å². The molecule has 1 aromatic heterocycles. The predicted molar refractivity (Wildman–Crippen MR) is 78.9 cm³/mol. The Morgan fingerprint density at radius 2 is 2.00 bits per heavy atom. The van der Waals surface area contributed by atoms with Gasteiger partial charge in [0, 0.05) is 6.54 Å². The molecule has 0 saturated heterocycles. The number of likely N-dealkylation sites (N-methyl/N-ethyl adjacent to an activating group) is 1. The van der Waals surface area contributed by atoms with Gasteiger partial charge in [-0.2, -0.15) is 0 Å². The summed E-state index contributed by atoms with van der Waals surface area (Å²) in [6, 6.07) is 11.7. The summed E-state index contributed by atoms with van der Waals surface area (Å²) in [7, 11) is 3.96. The van der Waals surface area contributed by atoms with Crippen LogP contribution in [0.15, 0.2) is 47.1 Å². The third kappa shape index (κ3) is 3.40. The van der Waals surface area contributed by atoms with Crippen LogP contribution in [-0.2, 0) is 0 Å². The molecule has 2 aromatic rings. The first-order chi connectivity index (χ1) is 9.59. The minimum atomic E-state index is -0.230. The van der Waals surface area contributed by atoms with E-state index in [1.807, 2.05) is 44.4 Å². The van der Waals surface area contributed by atoms with Gasteiger partial charge in [0.1, 0.15) is 0 Å². The van der Waals surface area contributed by atoms with Gasteiger partial charge in [-0.3, -0.25) is 4.79 Å². The Hall–Kier alpha value is -1.78. The van der Waals surface area contributed by atoms with E-state index < -0.39 is 0 Å². The molecule has 0 saturated carbocycles. The average molecular weight is 293 g/mol. The Morgan fingerprint density at radius 1 is 1.30 bits per heavy atom. The van der Waals surface area contributed by atoms with Gasteiger partial charge < -0.3 is 14.6 Å².